The number of aliphatic imine (C=N–C) groups is 1. The third kappa shape index (κ3) is 9.67. The van der Waals surface area contributed by atoms with Crippen LogP contribution in [0, 0.1) is 0 Å². The molecule has 0 saturated heterocycles. The fraction of sp³-hybridized carbons (Fsp3) is 0.429. The molecule has 0 spiro atoms. The summed E-state index contributed by atoms with van der Waals surface area (Å²) in [5, 5.41) is 27.3. The number of aliphatic carboxylic acids is 2. The number of hydrogen-bond acceptors (Lipinski definition) is 8. The predicted octanol–water partition coefficient (Wildman–Crippen LogP) is 0.0240. The lowest BCUT2D eigenvalue weighted by atomic mass is 10.1. The van der Waals surface area contributed by atoms with E-state index in [0.29, 0.717) is 19.4 Å². The van der Waals surface area contributed by atoms with Gasteiger partial charge in [-0.2, -0.15) is 4.98 Å². The molecule has 0 radical (unpaired) electrons. The minimum Gasteiger partial charge on any atom is -0.481 e. The number of rotatable bonds is 14. The Morgan fingerprint density at radius 3 is 2.43 bits per heavy atom. The molecule has 0 saturated carbocycles. The van der Waals surface area contributed by atoms with Crippen molar-refractivity contribution < 1.29 is 29.1 Å². The highest BCUT2D eigenvalue weighted by Gasteiger charge is 2.26. The van der Waals surface area contributed by atoms with E-state index in [1.807, 2.05) is 0 Å². The van der Waals surface area contributed by atoms with Crippen molar-refractivity contribution in [2.75, 3.05) is 6.54 Å². The third-order valence-corrected chi connectivity index (χ3v) is 4.89. The first-order chi connectivity index (χ1) is 16.7. The van der Waals surface area contributed by atoms with Crippen LogP contribution in [0.25, 0.3) is 0 Å². The quantitative estimate of drug-likeness (QED) is 0.106. The Labute approximate surface area is 201 Å². The molecule has 1 heterocycles. The van der Waals surface area contributed by atoms with Gasteiger partial charge in [0.1, 0.15) is 12.1 Å². The van der Waals surface area contributed by atoms with E-state index >= 15 is 0 Å². The molecule has 0 fully saturated rings. The van der Waals surface area contributed by atoms with E-state index in [-0.39, 0.29) is 36.9 Å². The lowest BCUT2D eigenvalue weighted by Crippen LogP contribution is -2.48. The summed E-state index contributed by atoms with van der Waals surface area (Å²) in [5.74, 6) is -2.23. The molecule has 1 aromatic heterocycles. The first kappa shape index (κ1) is 27.0. The summed E-state index contributed by atoms with van der Waals surface area (Å²) >= 11 is 0. The van der Waals surface area contributed by atoms with Crippen LogP contribution in [0.15, 0.2) is 39.8 Å². The summed E-state index contributed by atoms with van der Waals surface area (Å²) in [6.07, 6.45) is 0.691. The fourth-order valence-corrected chi connectivity index (χ4v) is 3.12. The summed E-state index contributed by atoms with van der Waals surface area (Å²) in [4.78, 5) is 43.3. The highest BCUT2D eigenvalue weighted by molar-refractivity contribution is 5.83. The number of carbonyl (C=O) groups is 3. The Bertz CT molecular complexity index is 1010. The summed E-state index contributed by atoms with van der Waals surface area (Å²) < 4.78 is 5.21. The van der Waals surface area contributed by atoms with Gasteiger partial charge in [0.05, 0.1) is 6.04 Å². The summed E-state index contributed by atoms with van der Waals surface area (Å²) in [5.41, 5.74) is 17.3. The van der Waals surface area contributed by atoms with Crippen LogP contribution in [0.3, 0.4) is 0 Å². The van der Waals surface area contributed by atoms with Crippen LogP contribution in [0.1, 0.15) is 55.0 Å². The van der Waals surface area contributed by atoms with Gasteiger partial charge < -0.3 is 42.6 Å². The van der Waals surface area contributed by atoms with Gasteiger partial charge in [-0.25, -0.2) is 9.59 Å². The zero-order chi connectivity index (χ0) is 25.8. The number of nitrogens with zero attached hydrogens (tertiary/aromatic N) is 3. The van der Waals surface area contributed by atoms with E-state index < -0.39 is 36.1 Å². The Balaban J connectivity index is 2.05. The average molecular weight is 491 g/mol. The Morgan fingerprint density at radius 1 is 1.09 bits per heavy atom. The first-order valence-electron chi connectivity index (χ1n) is 10.9. The minimum absolute atomic E-state index is 0.0278. The van der Waals surface area contributed by atoms with E-state index in [1.165, 1.54) is 0 Å². The van der Waals surface area contributed by atoms with E-state index in [4.69, 9.17) is 26.8 Å². The molecule has 190 valence electrons. The summed E-state index contributed by atoms with van der Waals surface area (Å²) in [7, 11) is 0. The maximum absolute atomic E-state index is 12.6. The Kier molecular flexibility index (Phi) is 10.4. The summed E-state index contributed by atoms with van der Waals surface area (Å²) in [6, 6.07) is 5.17. The number of aromatic nitrogens is 2. The van der Waals surface area contributed by atoms with Crippen molar-refractivity contribution in [3.8, 4) is 0 Å². The van der Waals surface area contributed by atoms with Crippen molar-refractivity contribution in [3.63, 3.8) is 0 Å². The number of nitrogens with one attached hydrogen (secondary N) is 2. The monoisotopic (exact) mass is 490 g/mol. The van der Waals surface area contributed by atoms with Crippen molar-refractivity contribution in [2.45, 2.75) is 50.2 Å². The number of urea groups is 1. The molecule has 14 nitrogen and oxygen atoms in total. The van der Waals surface area contributed by atoms with Gasteiger partial charge in [-0.3, -0.25) is 9.79 Å². The van der Waals surface area contributed by atoms with Gasteiger partial charge in [-0.05, 0) is 24.8 Å². The van der Waals surface area contributed by atoms with Crippen molar-refractivity contribution in [2.24, 2.45) is 22.2 Å². The van der Waals surface area contributed by atoms with E-state index in [1.54, 1.807) is 30.3 Å². The van der Waals surface area contributed by atoms with Crippen LogP contribution < -0.4 is 27.8 Å². The van der Waals surface area contributed by atoms with Crippen molar-refractivity contribution in [1.82, 2.24) is 20.8 Å². The second-order valence-electron chi connectivity index (χ2n) is 7.73. The third-order valence-electron chi connectivity index (χ3n) is 4.89. The number of benzene rings is 1. The van der Waals surface area contributed by atoms with Crippen LogP contribution in [0.5, 0.6) is 0 Å². The molecule has 2 amide bonds. The van der Waals surface area contributed by atoms with Gasteiger partial charge in [0.25, 0.3) is 0 Å². The maximum Gasteiger partial charge on any atom is 0.326 e. The van der Waals surface area contributed by atoms with Crippen LogP contribution in [-0.4, -0.2) is 56.9 Å². The number of carboxylic acid groups (broad SMARTS) is 2. The number of carboxylic acids is 2. The SMILES string of the molecule is NC(N)=NCCC[C@H](N)c1noc([C@H](CCC(=O)O)NC(=O)NC(Cc2ccccc2)C(=O)O)n1. The van der Waals surface area contributed by atoms with Crippen molar-refractivity contribution in [3.05, 3.63) is 47.6 Å². The zero-order valence-electron chi connectivity index (χ0n) is 19.0. The Hall–Kier alpha value is -4.20. The van der Waals surface area contributed by atoms with Crippen LogP contribution in [-0.2, 0) is 16.0 Å². The van der Waals surface area contributed by atoms with Crippen LogP contribution in [0.2, 0.25) is 0 Å². The van der Waals surface area contributed by atoms with Gasteiger partial charge in [0, 0.05) is 19.4 Å². The molecule has 0 aliphatic carbocycles. The predicted molar refractivity (Wildman–Crippen MR) is 124 cm³/mol. The summed E-state index contributed by atoms with van der Waals surface area (Å²) in [6.45, 7) is 0.372. The van der Waals surface area contributed by atoms with Crippen LogP contribution in [0.4, 0.5) is 4.79 Å². The molecular weight excluding hydrogens is 460 g/mol. The van der Waals surface area contributed by atoms with Gasteiger partial charge in [0.2, 0.25) is 5.89 Å². The van der Waals surface area contributed by atoms with Gasteiger partial charge in [0.15, 0.2) is 11.8 Å². The van der Waals surface area contributed by atoms with E-state index in [2.05, 4.69) is 25.8 Å². The molecule has 10 N–H and O–H groups in total. The molecule has 0 bridgehead atoms. The molecule has 35 heavy (non-hydrogen) atoms. The molecule has 0 aliphatic rings. The highest BCUT2D eigenvalue weighted by atomic mass is 16.5. The number of nitrogens with two attached hydrogens (primary N) is 3. The zero-order valence-corrected chi connectivity index (χ0v) is 19.0. The molecule has 14 heteroatoms. The number of carbonyl (C=O) groups excluding carboxylic acids is 1. The smallest absolute Gasteiger partial charge is 0.326 e. The van der Waals surface area contributed by atoms with E-state index in [0.717, 1.165) is 5.56 Å². The molecule has 2 rings (SSSR count). The maximum atomic E-state index is 12.6. The number of amides is 2. The van der Waals surface area contributed by atoms with Gasteiger partial charge >= 0.3 is 18.0 Å². The number of hydrogen-bond donors (Lipinski definition) is 7. The molecule has 1 unspecified atom stereocenters. The van der Waals surface area contributed by atoms with Gasteiger partial charge in [-0.15, -0.1) is 0 Å². The molecule has 0 aliphatic heterocycles. The molecular formula is C21H30N8O6. The number of guanidine groups is 1. The van der Waals surface area contributed by atoms with Crippen molar-refractivity contribution in [1.29, 1.82) is 0 Å². The minimum atomic E-state index is -1.22. The second kappa shape index (κ2) is 13.5. The van der Waals surface area contributed by atoms with Gasteiger partial charge in [-0.1, -0.05) is 35.5 Å². The standard InChI is InChI=1S/C21H30N8O6/c22-13(7-4-10-25-20(23)24)17-28-18(35-29-17)14(8-9-16(30)31)26-21(34)27-15(19(32)33)11-12-5-2-1-3-6-12/h1-3,5-6,13-15H,4,7-11,22H2,(H,30,31)(H,32,33)(H4,23,24,25)(H2,26,27,34)/t13-,14-,15?/m0/s1. The normalized spacial score (nSPS) is 13.3. The topological polar surface area (TPSA) is 245 Å². The van der Waals surface area contributed by atoms with Crippen LogP contribution >= 0.6 is 0 Å². The Morgan fingerprint density at radius 2 is 1.80 bits per heavy atom. The first-order valence-corrected chi connectivity index (χ1v) is 10.9. The largest absolute Gasteiger partial charge is 0.481 e. The molecule has 1 aromatic carbocycles. The molecule has 2 aromatic rings. The fourth-order valence-electron chi connectivity index (χ4n) is 3.12. The highest BCUT2D eigenvalue weighted by Crippen LogP contribution is 2.20. The lowest BCUT2D eigenvalue weighted by molar-refractivity contribution is -0.139. The lowest BCUT2D eigenvalue weighted by Gasteiger charge is -2.18. The average Bonchev–Trinajstić information content (AvgIpc) is 3.29. The van der Waals surface area contributed by atoms with E-state index in [9.17, 15) is 19.5 Å². The van der Waals surface area contributed by atoms with Crippen molar-refractivity contribution >= 4 is 23.9 Å². The molecule has 3 atom stereocenters. The second-order valence-corrected chi connectivity index (χ2v) is 7.73.